The first-order valence-corrected chi connectivity index (χ1v) is 13.7. The summed E-state index contributed by atoms with van der Waals surface area (Å²) >= 11 is 0. The highest BCUT2D eigenvalue weighted by Crippen LogP contribution is 2.53. The number of carbonyl (C=O) groups excluding carboxylic acids is 3. The highest BCUT2D eigenvalue weighted by molar-refractivity contribution is 6.24. The molecule has 0 aliphatic heterocycles. The number of fused-ring (bicyclic) bond motifs is 3. The first-order valence-electron chi connectivity index (χ1n) is 13.7. The highest BCUT2D eigenvalue weighted by atomic mass is 16.4. The number of carboxylic acid groups (broad SMARTS) is 3. The van der Waals surface area contributed by atoms with E-state index in [4.69, 9.17) is 26.2 Å². The van der Waals surface area contributed by atoms with Gasteiger partial charge in [0.2, 0.25) is 5.78 Å². The number of aliphatic hydroxyl groups is 4. The minimum absolute atomic E-state index is 0.00184. The van der Waals surface area contributed by atoms with Crippen LogP contribution in [0.2, 0.25) is 0 Å². The molecule has 0 fully saturated rings. The van der Waals surface area contributed by atoms with Crippen LogP contribution in [0.3, 0.4) is 0 Å². The number of nitrogens with two attached hydrogens (primary N) is 1. The largest absolute Gasteiger partial charge is 0.510 e. The van der Waals surface area contributed by atoms with Crippen molar-refractivity contribution in [3.05, 3.63) is 45.9 Å². The molecule has 0 radical (unpaired) electrons. The molecule has 1 aromatic rings. The van der Waals surface area contributed by atoms with Gasteiger partial charge in [-0.05, 0) is 50.6 Å². The number of anilines is 1. The molecule has 0 saturated heterocycles. The molecule has 0 spiro atoms. The van der Waals surface area contributed by atoms with Gasteiger partial charge < -0.3 is 51.5 Å². The number of aliphatic hydroxyl groups excluding tert-OH is 2. The number of allylic oxidation sites excluding steroid dienone is 1. The number of hydrogen-bond donors (Lipinski definition) is 9. The van der Waals surface area contributed by atoms with Crippen LogP contribution < -0.4 is 10.6 Å². The van der Waals surface area contributed by atoms with Crippen LogP contribution in [0, 0.1) is 11.8 Å². The van der Waals surface area contributed by atoms with Gasteiger partial charge in [-0.1, -0.05) is 0 Å². The number of likely N-dealkylation sites (N-methyl/N-ethyl adjacent to an activating group) is 1. The number of primary amides is 1. The molecule has 17 nitrogen and oxygen atoms in total. The maximum absolute atomic E-state index is 13.5. The van der Waals surface area contributed by atoms with Crippen molar-refractivity contribution in [3.8, 4) is 5.75 Å². The number of benzene rings is 1. The maximum Gasteiger partial charge on any atom is 0.336 e. The van der Waals surface area contributed by atoms with Crippen LogP contribution in [0.1, 0.15) is 35.2 Å². The summed E-state index contributed by atoms with van der Waals surface area (Å²) in [6.07, 6.45) is -1.96. The Balaban J connectivity index is 0.000000376. The SMILES string of the molecule is CN(C)c1ccc(O)c2c1C[C@H]1C[C@H]3[C@H](N(C)C)C(O)=C(C(N)=O)C(=O)[C@@]3(O)C(O)=C1C2=O.O=C(O)CC(O)(CC(=O)O)C(=O)O. The van der Waals surface area contributed by atoms with Crippen molar-refractivity contribution in [2.75, 3.05) is 33.1 Å². The van der Waals surface area contributed by atoms with Crippen molar-refractivity contribution in [1.29, 1.82) is 0 Å². The van der Waals surface area contributed by atoms with E-state index < -0.39 is 94.4 Å². The molecule has 3 aliphatic carbocycles. The lowest BCUT2D eigenvalue weighted by molar-refractivity contribution is -0.170. The number of phenolic OH excluding ortho intramolecular Hbond substituents is 1. The smallest absolute Gasteiger partial charge is 0.336 e. The second-order valence-electron chi connectivity index (χ2n) is 11.8. The third-order valence-corrected chi connectivity index (χ3v) is 8.35. The lowest BCUT2D eigenvalue weighted by atomic mass is 9.58. The molecule has 0 saturated carbocycles. The van der Waals surface area contributed by atoms with E-state index in [1.54, 1.807) is 39.2 Å². The lowest BCUT2D eigenvalue weighted by Gasteiger charge is -2.50. The van der Waals surface area contributed by atoms with E-state index in [0.717, 1.165) is 5.69 Å². The van der Waals surface area contributed by atoms with Crippen LogP contribution in [0.5, 0.6) is 5.75 Å². The predicted molar refractivity (Wildman–Crippen MR) is 155 cm³/mol. The zero-order valence-corrected chi connectivity index (χ0v) is 25.2. The van der Waals surface area contributed by atoms with Crippen LogP contribution in [0.25, 0.3) is 0 Å². The van der Waals surface area contributed by atoms with Gasteiger partial charge in [-0.15, -0.1) is 0 Å². The van der Waals surface area contributed by atoms with Crippen LogP contribution in [0.4, 0.5) is 5.69 Å². The van der Waals surface area contributed by atoms with Gasteiger partial charge in [0, 0.05) is 31.3 Å². The Kier molecular flexibility index (Phi) is 9.58. The molecule has 4 atom stereocenters. The molecular weight excluding hydrogens is 614 g/mol. The number of aliphatic carboxylic acids is 3. The molecule has 0 bridgehead atoms. The van der Waals surface area contributed by atoms with E-state index in [2.05, 4.69) is 0 Å². The number of rotatable bonds is 8. The van der Waals surface area contributed by atoms with Gasteiger partial charge >= 0.3 is 17.9 Å². The molecule has 17 heteroatoms. The molecule has 1 amide bonds. The Morgan fingerprint density at radius 3 is 1.96 bits per heavy atom. The fourth-order valence-corrected chi connectivity index (χ4v) is 6.37. The second kappa shape index (κ2) is 12.4. The van der Waals surface area contributed by atoms with Gasteiger partial charge in [-0.25, -0.2) is 4.79 Å². The Morgan fingerprint density at radius 2 is 1.52 bits per heavy atom. The van der Waals surface area contributed by atoms with Crippen molar-refractivity contribution < 1.29 is 69.6 Å². The first kappa shape index (κ1) is 35.5. The van der Waals surface area contributed by atoms with E-state index in [0.29, 0.717) is 5.56 Å². The topological polar surface area (TPSA) is 297 Å². The van der Waals surface area contributed by atoms with Gasteiger partial charge in [0.05, 0.1) is 24.4 Å². The second-order valence-corrected chi connectivity index (χ2v) is 11.8. The maximum atomic E-state index is 13.5. The summed E-state index contributed by atoms with van der Waals surface area (Å²) in [5.74, 6) is -11.6. The van der Waals surface area contributed by atoms with Crippen LogP contribution in [-0.2, 0) is 30.4 Å². The highest BCUT2D eigenvalue weighted by Gasteiger charge is 2.63. The quantitative estimate of drug-likeness (QED) is 0.152. The van der Waals surface area contributed by atoms with Crippen molar-refractivity contribution in [1.82, 2.24) is 4.90 Å². The predicted octanol–water partition coefficient (Wildman–Crippen LogP) is -1.06. The fraction of sp³-hybridized carbons (Fsp3) is 0.448. The van der Waals surface area contributed by atoms with E-state index in [-0.39, 0.29) is 29.7 Å². The summed E-state index contributed by atoms with van der Waals surface area (Å²) in [7, 11) is 6.79. The Hall–Kier alpha value is -5.00. The Bertz CT molecular complexity index is 1580. The number of carboxylic acids is 3. The summed E-state index contributed by atoms with van der Waals surface area (Å²) in [5.41, 5.74) is 0.284. The van der Waals surface area contributed by atoms with Crippen LogP contribution >= 0.6 is 0 Å². The summed E-state index contributed by atoms with van der Waals surface area (Å²) in [6, 6.07) is 2.06. The molecule has 46 heavy (non-hydrogen) atoms. The minimum Gasteiger partial charge on any atom is -0.510 e. The van der Waals surface area contributed by atoms with Gasteiger partial charge in [0.25, 0.3) is 5.91 Å². The van der Waals surface area contributed by atoms with E-state index in [1.807, 2.05) is 0 Å². The molecule has 0 aromatic heterocycles. The average Bonchev–Trinajstić information content (AvgIpc) is 2.89. The first-order chi connectivity index (χ1) is 21.1. The number of ketones is 2. The summed E-state index contributed by atoms with van der Waals surface area (Å²) in [6.45, 7) is 0. The third kappa shape index (κ3) is 5.86. The zero-order valence-electron chi connectivity index (χ0n) is 25.2. The van der Waals surface area contributed by atoms with Crippen molar-refractivity contribution in [3.63, 3.8) is 0 Å². The van der Waals surface area contributed by atoms with E-state index in [1.165, 1.54) is 11.0 Å². The van der Waals surface area contributed by atoms with E-state index >= 15 is 0 Å². The normalized spacial score (nSPS) is 23.9. The molecule has 0 unspecified atom stereocenters. The number of aromatic hydroxyl groups is 1. The Labute approximate surface area is 261 Å². The monoisotopic (exact) mass is 649 g/mol. The van der Waals surface area contributed by atoms with E-state index in [9.17, 15) is 49.2 Å². The van der Waals surface area contributed by atoms with Crippen molar-refractivity contribution in [2.24, 2.45) is 17.6 Å². The number of hydrogen-bond acceptors (Lipinski definition) is 13. The lowest BCUT2D eigenvalue weighted by Crippen LogP contribution is -2.63. The fourth-order valence-electron chi connectivity index (χ4n) is 6.37. The zero-order chi connectivity index (χ0) is 35.2. The third-order valence-electron chi connectivity index (χ3n) is 8.35. The standard InChI is InChI=1S/C23H27N3O7.C6H8O7/c1-25(2)12-5-6-13(27)15-10(12)7-9-8-11-17(26(3)4)19(29)16(22(24)32)21(31)23(11,33)20(30)14(9)18(15)28;7-3(8)1-6(13,5(11)12)2-4(9)10/h5-6,9,11,17,27,29-30,33H,7-8H2,1-4H3,(H2,24,32);13H,1-2H2,(H,7,8)(H,9,10)(H,11,12)/t9-,11-,17-,23-;/m0./s1. The number of carbonyl (C=O) groups is 6. The number of Topliss-reactive ketones (excluding diaryl/α,β-unsaturated/α-hetero) is 2. The molecule has 1 aromatic carbocycles. The Morgan fingerprint density at radius 1 is 0.978 bits per heavy atom. The van der Waals surface area contributed by atoms with Gasteiger partial charge in [-0.3, -0.25) is 28.9 Å². The average molecular weight is 650 g/mol. The molecule has 0 heterocycles. The summed E-state index contributed by atoms with van der Waals surface area (Å²) in [5, 5.41) is 77.7. The molecule has 250 valence electrons. The number of phenols is 1. The summed E-state index contributed by atoms with van der Waals surface area (Å²) in [4.78, 5) is 72.5. The van der Waals surface area contributed by atoms with Gasteiger partial charge in [0.15, 0.2) is 17.0 Å². The van der Waals surface area contributed by atoms with Gasteiger partial charge in [-0.2, -0.15) is 0 Å². The number of nitrogens with zero attached hydrogens (tertiary/aromatic N) is 2. The van der Waals surface area contributed by atoms with Crippen LogP contribution in [0.15, 0.2) is 34.8 Å². The van der Waals surface area contributed by atoms with Crippen molar-refractivity contribution in [2.45, 2.75) is 42.9 Å². The molecule has 4 rings (SSSR count). The number of amides is 1. The molecule has 10 N–H and O–H groups in total. The van der Waals surface area contributed by atoms with Crippen LogP contribution in [-0.4, -0.2) is 127 Å². The van der Waals surface area contributed by atoms with Gasteiger partial charge in [0.1, 0.15) is 22.8 Å². The molecule has 3 aliphatic rings. The molecular formula is C29H35N3O14. The van der Waals surface area contributed by atoms with Crippen molar-refractivity contribution >= 4 is 41.1 Å². The minimum atomic E-state index is -2.74. The summed E-state index contributed by atoms with van der Waals surface area (Å²) < 4.78 is 0.